The number of hydrogen-bond donors (Lipinski definition) is 0. The molecular formula is C8H5F3N2O. The average molecular weight is 202 g/mol. The van der Waals surface area contributed by atoms with Crippen LogP contribution in [-0.4, -0.2) is 13.1 Å². The predicted molar refractivity (Wildman–Crippen MR) is 43.2 cm³/mol. The van der Waals surface area contributed by atoms with Gasteiger partial charge in [-0.05, 0) is 12.1 Å². The third-order valence-electron chi connectivity index (χ3n) is 1.75. The van der Waals surface area contributed by atoms with Gasteiger partial charge in [0.15, 0.2) is 30.6 Å². The zero-order valence-electron chi connectivity index (χ0n) is 6.88. The molecule has 0 N–H and O–H groups in total. The van der Waals surface area contributed by atoms with Crippen molar-refractivity contribution < 1.29 is 17.9 Å². The Morgan fingerprint density at radius 1 is 1.21 bits per heavy atom. The van der Waals surface area contributed by atoms with Crippen LogP contribution in [0.2, 0.25) is 0 Å². The molecule has 6 heteroatoms. The molecule has 74 valence electrons. The fraction of sp³-hybridized carbons (Fsp3) is 0.125. The zero-order valence-corrected chi connectivity index (χ0v) is 6.88. The molecule has 14 heavy (non-hydrogen) atoms. The van der Waals surface area contributed by atoms with Gasteiger partial charge in [-0.15, -0.1) is 5.10 Å². The van der Waals surface area contributed by atoms with Crippen LogP contribution in [0.3, 0.4) is 0 Å². The molecule has 3 nitrogen and oxygen atoms in total. The van der Waals surface area contributed by atoms with Gasteiger partial charge < -0.3 is 4.74 Å². The highest BCUT2D eigenvalue weighted by molar-refractivity contribution is 5.57. The van der Waals surface area contributed by atoms with Gasteiger partial charge >= 0.3 is 0 Å². The first-order valence-corrected chi connectivity index (χ1v) is 3.75. The van der Waals surface area contributed by atoms with E-state index in [2.05, 4.69) is 9.84 Å². The summed E-state index contributed by atoms with van der Waals surface area (Å²) in [5, 5.41) is 4.68. The number of halogens is 3. The Balaban J connectivity index is 2.43. The maximum absolute atomic E-state index is 13.1. The number of rotatable bonds is 1. The van der Waals surface area contributed by atoms with E-state index < -0.39 is 17.5 Å². The van der Waals surface area contributed by atoms with Crippen molar-refractivity contribution in [3.05, 3.63) is 29.6 Å². The lowest BCUT2D eigenvalue weighted by atomic mass is 10.3. The fourth-order valence-electron chi connectivity index (χ4n) is 1.07. The third kappa shape index (κ3) is 1.28. The summed E-state index contributed by atoms with van der Waals surface area (Å²) in [5.41, 5.74) is -0.155. The Bertz CT molecular complexity index is 394. The van der Waals surface area contributed by atoms with Gasteiger partial charge in [-0.1, -0.05) is 0 Å². The second-order valence-electron chi connectivity index (χ2n) is 2.61. The predicted octanol–water partition coefficient (Wildman–Crippen LogP) is 1.84. The summed E-state index contributed by atoms with van der Waals surface area (Å²) in [6.45, 7) is -0.0119. The molecule has 1 aliphatic rings. The van der Waals surface area contributed by atoms with E-state index in [9.17, 15) is 13.2 Å². The van der Waals surface area contributed by atoms with Crippen molar-refractivity contribution in [2.45, 2.75) is 0 Å². The van der Waals surface area contributed by atoms with Gasteiger partial charge in [-0.3, -0.25) is 0 Å². The Kier molecular flexibility index (Phi) is 2.03. The Hall–Kier alpha value is -1.72. The smallest absolute Gasteiger partial charge is 0.196 e. The number of ether oxygens (including phenoxy) is 1. The van der Waals surface area contributed by atoms with Gasteiger partial charge in [-0.2, -0.15) is 0 Å². The molecule has 1 aromatic rings. The van der Waals surface area contributed by atoms with Crippen LogP contribution in [0.15, 0.2) is 17.2 Å². The molecule has 0 amide bonds. The van der Waals surface area contributed by atoms with E-state index in [1.165, 1.54) is 0 Å². The van der Waals surface area contributed by atoms with E-state index >= 15 is 0 Å². The zero-order chi connectivity index (χ0) is 10.1. The van der Waals surface area contributed by atoms with E-state index in [0.717, 1.165) is 23.5 Å². The molecule has 0 bridgehead atoms. The van der Waals surface area contributed by atoms with Gasteiger partial charge in [0.25, 0.3) is 0 Å². The van der Waals surface area contributed by atoms with Gasteiger partial charge in [0.2, 0.25) is 0 Å². The second kappa shape index (κ2) is 3.21. The normalized spacial score (nSPS) is 14.6. The summed E-state index contributed by atoms with van der Waals surface area (Å²) in [4.78, 5) is 0. The van der Waals surface area contributed by atoms with Crippen LogP contribution >= 0.6 is 0 Å². The van der Waals surface area contributed by atoms with Crippen molar-refractivity contribution in [3.8, 4) is 0 Å². The van der Waals surface area contributed by atoms with Gasteiger partial charge in [0.1, 0.15) is 5.69 Å². The van der Waals surface area contributed by atoms with E-state index in [1.807, 2.05) is 0 Å². The van der Waals surface area contributed by atoms with Crippen LogP contribution in [0.25, 0.3) is 0 Å². The molecule has 0 saturated heterocycles. The molecule has 0 atom stereocenters. The van der Waals surface area contributed by atoms with Crippen molar-refractivity contribution >= 4 is 12.1 Å². The summed E-state index contributed by atoms with van der Waals surface area (Å²) in [6.07, 6.45) is 1.10. The maximum Gasteiger partial charge on any atom is 0.196 e. The highest BCUT2D eigenvalue weighted by Gasteiger charge is 2.19. The van der Waals surface area contributed by atoms with E-state index in [4.69, 9.17) is 0 Å². The number of hydrogen-bond acceptors (Lipinski definition) is 3. The highest BCUT2D eigenvalue weighted by Crippen LogP contribution is 2.24. The lowest BCUT2D eigenvalue weighted by Crippen LogP contribution is -2.15. The second-order valence-corrected chi connectivity index (χ2v) is 2.61. The van der Waals surface area contributed by atoms with Crippen LogP contribution in [-0.2, 0) is 4.74 Å². The standard InChI is InChI=1S/C8H5F3N2O/c9-5-1-2-6(8(11)7(5)10)13-4-14-3-12-13/h1-3H,4H2. The lowest BCUT2D eigenvalue weighted by Gasteiger charge is -2.12. The Morgan fingerprint density at radius 3 is 2.64 bits per heavy atom. The summed E-state index contributed by atoms with van der Waals surface area (Å²) in [6, 6.07) is 1.93. The molecule has 0 aromatic heterocycles. The third-order valence-corrected chi connectivity index (χ3v) is 1.75. The van der Waals surface area contributed by atoms with Crippen LogP contribution < -0.4 is 5.01 Å². The van der Waals surface area contributed by atoms with Crippen molar-refractivity contribution in [1.29, 1.82) is 0 Å². The summed E-state index contributed by atoms with van der Waals surface area (Å²) in [5.74, 6) is -4.01. The van der Waals surface area contributed by atoms with Crippen LogP contribution in [0.4, 0.5) is 18.9 Å². The number of hydrazone groups is 1. The first-order valence-electron chi connectivity index (χ1n) is 3.75. The highest BCUT2D eigenvalue weighted by atomic mass is 19.2. The molecule has 0 unspecified atom stereocenters. The molecule has 1 heterocycles. The molecular weight excluding hydrogens is 197 g/mol. The first kappa shape index (κ1) is 8.86. The monoisotopic (exact) mass is 202 g/mol. The summed E-state index contributed by atoms with van der Waals surface area (Å²) >= 11 is 0. The number of nitrogens with zero attached hydrogens (tertiary/aromatic N) is 2. The minimum absolute atomic E-state index is 0.0119. The van der Waals surface area contributed by atoms with Crippen LogP contribution in [0, 0.1) is 17.5 Å². The van der Waals surface area contributed by atoms with Crippen molar-refractivity contribution in [1.82, 2.24) is 0 Å². The van der Waals surface area contributed by atoms with Gasteiger partial charge in [0, 0.05) is 0 Å². The van der Waals surface area contributed by atoms with E-state index in [-0.39, 0.29) is 12.4 Å². The first-order chi connectivity index (χ1) is 6.70. The SMILES string of the molecule is Fc1ccc(N2COC=N2)c(F)c1F. The minimum Gasteiger partial charge on any atom is -0.459 e. The van der Waals surface area contributed by atoms with Crippen LogP contribution in [0.1, 0.15) is 0 Å². The van der Waals surface area contributed by atoms with Crippen LogP contribution in [0.5, 0.6) is 0 Å². The maximum atomic E-state index is 13.1. The van der Waals surface area contributed by atoms with Crippen molar-refractivity contribution in [2.24, 2.45) is 5.10 Å². The van der Waals surface area contributed by atoms with Gasteiger partial charge in [-0.25, -0.2) is 18.2 Å². The number of benzene rings is 1. The van der Waals surface area contributed by atoms with Crippen molar-refractivity contribution in [3.63, 3.8) is 0 Å². The molecule has 0 fully saturated rings. The topological polar surface area (TPSA) is 24.8 Å². The van der Waals surface area contributed by atoms with E-state index in [0.29, 0.717) is 0 Å². The molecule has 0 spiro atoms. The number of anilines is 1. The Morgan fingerprint density at radius 2 is 2.00 bits per heavy atom. The lowest BCUT2D eigenvalue weighted by molar-refractivity contribution is 0.347. The van der Waals surface area contributed by atoms with E-state index in [1.54, 1.807) is 0 Å². The molecule has 2 rings (SSSR count). The molecule has 1 aliphatic heterocycles. The molecule has 0 radical (unpaired) electrons. The Labute approximate surface area is 77.4 Å². The molecule has 0 aliphatic carbocycles. The fourth-order valence-corrected chi connectivity index (χ4v) is 1.07. The summed E-state index contributed by atoms with van der Waals surface area (Å²) in [7, 11) is 0. The summed E-state index contributed by atoms with van der Waals surface area (Å²) < 4.78 is 43.1. The molecule has 0 saturated carbocycles. The minimum atomic E-state index is -1.51. The largest absolute Gasteiger partial charge is 0.459 e. The average Bonchev–Trinajstić information content (AvgIpc) is 2.67. The quantitative estimate of drug-likeness (QED) is 0.649. The van der Waals surface area contributed by atoms with Crippen molar-refractivity contribution in [2.75, 3.05) is 11.7 Å². The molecule has 1 aromatic carbocycles. The van der Waals surface area contributed by atoms with Gasteiger partial charge in [0.05, 0.1) is 0 Å².